The van der Waals surface area contributed by atoms with Gasteiger partial charge >= 0.3 is 0 Å². The highest BCUT2D eigenvalue weighted by atomic mass is 19.1. The number of nitrogens with one attached hydrogen (secondary N) is 1. The van der Waals surface area contributed by atoms with Gasteiger partial charge in [-0.15, -0.1) is 0 Å². The van der Waals surface area contributed by atoms with E-state index in [4.69, 9.17) is 4.74 Å². The van der Waals surface area contributed by atoms with E-state index in [9.17, 15) is 4.39 Å². The highest BCUT2D eigenvalue weighted by Crippen LogP contribution is 2.10. The van der Waals surface area contributed by atoms with E-state index in [1.165, 1.54) is 12.3 Å². The van der Waals surface area contributed by atoms with E-state index in [-0.39, 0.29) is 0 Å². The third-order valence-corrected chi connectivity index (χ3v) is 2.19. The molecule has 0 radical (unpaired) electrons. The molecule has 4 nitrogen and oxygen atoms in total. The third-order valence-electron chi connectivity index (χ3n) is 2.19. The molecule has 2 aromatic heterocycles. The first-order chi connectivity index (χ1) is 8.28. The summed E-state index contributed by atoms with van der Waals surface area (Å²) < 4.78 is 17.6. The van der Waals surface area contributed by atoms with Gasteiger partial charge in [-0.05, 0) is 18.2 Å². The van der Waals surface area contributed by atoms with E-state index in [1.807, 2.05) is 12.1 Å². The van der Waals surface area contributed by atoms with E-state index < -0.39 is 5.95 Å². The number of methoxy groups -OCH3 is 1. The molecule has 88 valence electrons. The van der Waals surface area contributed by atoms with Crippen LogP contribution in [0.25, 0.3) is 0 Å². The second-order valence-corrected chi connectivity index (χ2v) is 3.39. The molecule has 0 aliphatic rings. The lowest BCUT2D eigenvalue weighted by Gasteiger charge is -2.06. The highest BCUT2D eigenvalue weighted by Gasteiger charge is 1.98. The fraction of sp³-hybridized carbons (Fsp3) is 0.167. The first-order valence-electron chi connectivity index (χ1n) is 5.13. The molecule has 0 aromatic carbocycles. The summed E-state index contributed by atoms with van der Waals surface area (Å²) in [5.41, 5.74) is 1.59. The molecule has 0 spiro atoms. The lowest BCUT2D eigenvalue weighted by molar-refractivity contribution is 0.396. The van der Waals surface area contributed by atoms with Crippen LogP contribution in [0, 0.1) is 5.95 Å². The van der Waals surface area contributed by atoms with Crippen LogP contribution in [0.3, 0.4) is 0 Å². The molecule has 0 fully saturated rings. The van der Waals surface area contributed by atoms with Crippen LogP contribution < -0.4 is 10.1 Å². The molecule has 0 saturated heterocycles. The molecule has 0 amide bonds. The van der Waals surface area contributed by atoms with Crippen molar-refractivity contribution in [1.29, 1.82) is 0 Å². The number of hydrogen-bond donors (Lipinski definition) is 1. The van der Waals surface area contributed by atoms with Crippen LogP contribution in [0.15, 0.2) is 36.5 Å². The summed E-state index contributed by atoms with van der Waals surface area (Å²) in [5.74, 6) is 0.0802. The van der Waals surface area contributed by atoms with Crippen LogP contribution in [-0.4, -0.2) is 17.1 Å². The monoisotopic (exact) mass is 233 g/mol. The van der Waals surface area contributed by atoms with Crippen molar-refractivity contribution in [2.45, 2.75) is 6.54 Å². The summed E-state index contributed by atoms with van der Waals surface area (Å²) in [6, 6.07) is 8.46. The van der Waals surface area contributed by atoms with Crippen molar-refractivity contribution in [3.05, 3.63) is 48.2 Å². The van der Waals surface area contributed by atoms with Crippen molar-refractivity contribution >= 4 is 5.69 Å². The third kappa shape index (κ3) is 3.14. The fourth-order valence-electron chi connectivity index (χ4n) is 1.34. The smallest absolute Gasteiger partial charge is 0.213 e. The number of ether oxygens (including phenoxy) is 1. The van der Waals surface area contributed by atoms with Gasteiger partial charge in [0.25, 0.3) is 0 Å². The summed E-state index contributed by atoms with van der Waals surface area (Å²) in [5, 5.41) is 3.09. The second kappa shape index (κ2) is 5.25. The Kier molecular flexibility index (Phi) is 3.49. The van der Waals surface area contributed by atoms with Crippen LogP contribution in [0.1, 0.15) is 5.69 Å². The molecule has 2 aromatic rings. The fourth-order valence-corrected chi connectivity index (χ4v) is 1.34. The average molecular weight is 233 g/mol. The maximum absolute atomic E-state index is 12.6. The molecule has 0 aliphatic heterocycles. The standard InChI is InChI=1S/C12H12FN3O/c1-17-12-4-2-3-10(16-12)8-14-9-5-6-11(13)15-7-9/h2-7,14H,8H2,1H3. The summed E-state index contributed by atoms with van der Waals surface area (Å²) in [6.45, 7) is 0.532. The lowest BCUT2D eigenvalue weighted by atomic mass is 10.3. The Hall–Kier alpha value is -2.17. The second-order valence-electron chi connectivity index (χ2n) is 3.39. The van der Waals surface area contributed by atoms with Crippen molar-refractivity contribution in [3.8, 4) is 5.88 Å². The Bertz CT molecular complexity index is 487. The van der Waals surface area contributed by atoms with Gasteiger partial charge in [0, 0.05) is 6.07 Å². The molecular formula is C12H12FN3O. The maximum Gasteiger partial charge on any atom is 0.213 e. The van der Waals surface area contributed by atoms with Crippen molar-refractivity contribution in [2.75, 3.05) is 12.4 Å². The van der Waals surface area contributed by atoms with Gasteiger partial charge in [0.15, 0.2) is 0 Å². The molecule has 0 saturated carbocycles. The largest absolute Gasteiger partial charge is 0.481 e. The van der Waals surface area contributed by atoms with Crippen molar-refractivity contribution in [3.63, 3.8) is 0 Å². The molecule has 0 aliphatic carbocycles. The minimum Gasteiger partial charge on any atom is -0.481 e. The summed E-state index contributed by atoms with van der Waals surface area (Å²) in [7, 11) is 1.57. The number of pyridine rings is 2. The number of anilines is 1. The number of halogens is 1. The number of nitrogens with zero attached hydrogens (tertiary/aromatic N) is 2. The summed E-state index contributed by atoms with van der Waals surface area (Å²) in [4.78, 5) is 7.80. The molecule has 1 N–H and O–H groups in total. The zero-order valence-electron chi connectivity index (χ0n) is 9.35. The van der Waals surface area contributed by atoms with Crippen molar-refractivity contribution in [1.82, 2.24) is 9.97 Å². The van der Waals surface area contributed by atoms with Crippen LogP contribution in [-0.2, 0) is 6.54 Å². The minimum atomic E-state index is -0.491. The van der Waals surface area contributed by atoms with Gasteiger partial charge in [-0.2, -0.15) is 4.39 Å². The molecule has 17 heavy (non-hydrogen) atoms. The van der Waals surface area contributed by atoms with Gasteiger partial charge < -0.3 is 10.1 Å². The van der Waals surface area contributed by atoms with Crippen LogP contribution in [0.4, 0.5) is 10.1 Å². The zero-order chi connectivity index (χ0) is 12.1. The maximum atomic E-state index is 12.6. The number of rotatable bonds is 4. The van der Waals surface area contributed by atoms with E-state index in [2.05, 4.69) is 15.3 Å². The minimum absolute atomic E-state index is 0.491. The van der Waals surface area contributed by atoms with E-state index in [1.54, 1.807) is 19.2 Å². The molecule has 0 unspecified atom stereocenters. The quantitative estimate of drug-likeness (QED) is 0.823. The first-order valence-corrected chi connectivity index (χ1v) is 5.13. The Labute approximate surface area is 98.5 Å². The van der Waals surface area contributed by atoms with E-state index in [0.717, 1.165) is 11.4 Å². The van der Waals surface area contributed by atoms with Gasteiger partial charge in [-0.25, -0.2) is 9.97 Å². The van der Waals surface area contributed by atoms with Crippen molar-refractivity contribution < 1.29 is 9.13 Å². The predicted molar refractivity (Wildman–Crippen MR) is 62.3 cm³/mol. The van der Waals surface area contributed by atoms with Gasteiger partial charge in [-0.1, -0.05) is 6.07 Å². The Morgan fingerprint density at radius 1 is 1.29 bits per heavy atom. The zero-order valence-corrected chi connectivity index (χ0v) is 9.35. The van der Waals surface area contributed by atoms with Gasteiger partial charge in [0.05, 0.1) is 31.2 Å². The predicted octanol–water partition coefficient (Wildman–Crippen LogP) is 2.24. The lowest BCUT2D eigenvalue weighted by Crippen LogP contribution is -2.02. The summed E-state index contributed by atoms with van der Waals surface area (Å²) in [6.07, 6.45) is 1.44. The molecule has 5 heteroatoms. The Morgan fingerprint density at radius 3 is 2.88 bits per heavy atom. The number of hydrogen-bond acceptors (Lipinski definition) is 4. The van der Waals surface area contributed by atoms with Crippen molar-refractivity contribution in [2.24, 2.45) is 0 Å². The topological polar surface area (TPSA) is 47.0 Å². The van der Waals surface area contributed by atoms with Crippen LogP contribution in [0.5, 0.6) is 5.88 Å². The van der Waals surface area contributed by atoms with E-state index >= 15 is 0 Å². The van der Waals surface area contributed by atoms with Gasteiger partial charge in [0.2, 0.25) is 11.8 Å². The van der Waals surface area contributed by atoms with Gasteiger partial charge in [-0.3, -0.25) is 0 Å². The molecule has 0 atom stereocenters. The normalized spacial score (nSPS) is 10.0. The molecule has 2 heterocycles. The molecule has 2 rings (SSSR count). The SMILES string of the molecule is COc1cccc(CNc2ccc(F)nc2)n1. The van der Waals surface area contributed by atoms with Gasteiger partial charge in [0.1, 0.15) is 0 Å². The van der Waals surface area contributed by atoms with E-state index in [0.29, 0.717) is 12.4 Å². The van der Waals surface area contributed by atoms with Crippen LogP contribution in [0.2, 0.25) is 0 Å². The molecular weight excluding hydrogens is 221 g/mol. The highest BCUT2D eigenvalue weighted by molar-refractivity contribution is 5.40. The van der Waals surface area contributed by atoms with Crippen LogP contribution >= 0.6 is 0 Å². The Balaban J connectivity index is 1.99. The summed E-state index contributed by atoms with van der Waals surface area (Å²) >= 11 is 0. The Morgan fingerprint density at radius 2 is 2.18 bits per heavy atom. The first kappa shape index (κ1) is 11.3. The molecule has 0 bridgehead atoms. The number of aromatic nitrogens is 2. The average Bonchev–Trinajstić information content (AvgIpc) is 2.38.